The average Bonchev–Trinajstić information content (AvgIpc) is 3.32. The van der Waals surface area contributed by atoms with E-state index >= 15 is 0 Å². The van der Waals surface area contributed by atoms with Crippen LogP contribution in [0.5, 0.6) is 0 Å². The molecule has 0 saturated carbocycles. The highest BCUT2D eigenvalue weighted by Gasteiger charge is 2.16. The Morgan fingerprint density at radius 2 is 0.470 bits per heavy atom. The maximum absolute atomic E-state index is 12.3. The van der Waals surface area contributed by atoms with Crippen LogP contribution in [-0.2, 0) is 19.1 Å². The Morgan fingerprint density at radius 3 is 0.667 bits per heavy atom. The molecule has 1 atom stereocenters. The maximum Gasteiger partial charge on any atom is 0.306 e. The average molecular weight is 934 g/mol. The summed E-state index contributed by atoms with van der Waals surface area (Å²) >= 11 is 0. The van der Waals surface area contributed by atoms with Gasteiger partial charge in [-0.15, -0.1) is 0 Å². The largest absolute Gasteiger partial charge is 0.462 e. The second-order valence-corrected chi connectivity index (χ2v) is 21.2. The van der Waals surface area contributed by atoms with Gasteiger partial charge < -0.3 is 14.6 Å². The number of hydrogen-bond acceptors (Lipinski definition) is 5. The van der Waals surface area contributed by atoms with Gasteiger partial charge in [0.25, 0.3) is 0 Å². The minimum atomic E-state index is -0.764. The summed E-state index contributed by atoms with van der Waals surface area (Å²) in [6.45, 7) is 4.21. The van der Waals surface area contributed by atoms with Crippen molar-refractivity contribution in [1.82, 2.24) is 0 Å². The molecule has 0 aromatic carbocycles. The van der Waals surface area contributed by atoms with Gasteiger partial charge in [0.1, 0.15) is 6.61 Å². The van der Waals surface area contributed by atoms with Crippen molar-refractivity contribution in [3.8, 4) is 0 Å². The zero-order valence-corrected chi connectivity index (χ0v) is 45.3. The summed E-state index contributed by atoms with van der Waals surface area (Å²) in [5, 5.41) is 9.65. The fourth-order valence-electron chi connectivity index (χ4n) is 9.80. The monoisotopic (exact) mass is 933 g/mol. The van der Waals surface area contributed by atoms with Gasteiger partial charge in [0.15, 0.2) is 6.10 Å². The molecule has 0 spiro atoms. The third-order valence-electron chi connectivity index (χ3n) is 14.4. The van der Waals surface area contributed by atoms with Crippen molar-refractivity contribution in [2.75, 3.05) is 13.2 Å². The van der Waals surface area contributed by atoms with E-state index in [-0.39, 0.29) is 25.2 Å². The third-order valence-corrected chi connectivity index (χ3v) is 14.4. The number of hydrogen-bond donors (Lipinski definition) is 1. The van der Waals surface area contributed by atoms with Gasteiger partial charge in [0.2, 0.25) is 0 Å². The van der Waals surface area contributed by atoms with E-state index in [9.17, 15) is 14.7 Å². The first-order valence-electron chi connectivity index (χ1n) is 30.6. The zero-order valence-electron chi connectivity index (χ0n) is 45.3. The van der Waals surface area contributed by atoms with Crippen LogP contribution in [0.3, 0.4) is 0 Å². The minimum Gasteiger partial charge on any atom is -0.462 e. The molecule has 5 nitrogen and oxygen atoms in total. The van der Waals surface area contributed by atoms with Crippen molar-refractivity contribution in [3.63, 3.8) is 0 Å². The van der Waals surface area contributed by atoms with Gasteiger partial charge in [-0.2, -0.15) is 0 Å². The quantitative estimate of drug-likeness (QED) is 0.0486. The van der Waals surface area contributed by atoms with Gasteiger partial charge in [-0.25, -0.2) is 0 Å². The van der Waals surface area contributed by atoms with Gasteiger partial charge in [0.05, 0.1) is 6.61 Å². The van der Waals surface area contributed by atoms with Crippen molar-refractivity contribution in [2.45, 2.75) is 367 Å². The topological polar surface area (TPSA) is 72.8 Å². The summed E-state index contributed by atoms with van der Waals surface area (Å²) in [5.41, 5.74) is 0. The van der Waals surface area contributed by atoms with Crippen LogP contribution in [0.4, 0.5) is 0 Å². The molecule has 0 radical (unpaired) electrons. The molecule has 0 aliphatic carbocycles. The SMILES string of the molecule is CCCCCCCCCCCCCCCCCCCCCCCCCCCCCCCCCCCCCC(=O)OC(CO)COC(=O)CCCCCCCCCCCCCCCCCCC. The Hall–Kier alpha value is -1.10. The molecule has 0 aliphatic heterocycles. The fraction of sp³-hybridized carbons (Fsp3) is 0.967. The van der Waals surface area contributed by atoms with Gasteiger partial charge in [-0.3, -0.25) is 9.59 Å². The highest BCUT2D eigenvalue weighted by atomic mass is 16.6. The standard InChI is InChI=1S/C61H120O5/c1-3-5-7-9-11-13-15-17-19-21-22-23-24-25-26-27-28-29-30-31-32-33-34-35-36-37-38-40-42-44-46-48-50-52-54-56-61(64)66-59(57-62)58-65-60(63)55-53-51-49-47-45-43-41-39-20-18-16-14-12-10-8-6-4-2/h59,62H,3-58H2,1-2H3. The smallest absolute Gasteiger partial charge is 0.306 e. The molecule has 0 aromatic heterocycles. The number of aliphatic hydroxyl groups is 1. The second kappa shape index (κ2) is 58.2. The first-order chi connectivity index (χ1) is 32.6. The van der Waals surface area contributed by atoms with Crippen LogP contribution < -0.4 is 0 Å². The Balaban J connectivity index is 3.34. The summed E-state index contributed by atoms with van der Waals surface area (Å²) in [6, 6.07) is 0. The number of aliphatic hydroxyl groups excluding tert-OH is 1. The molecule has 0 aromatic rings. The summed E-state index contributed by atoms with van der Waals surface area (Å²) in [7, 11) is 0. The van der Waals surface area contributed by atoms with Crippen LogP contribution >= 0.6 is 0 Å². The van der Waals surface area contributed by atoms with E-state index in [4.69, 9.17) is 9.47 Å². The normalized spacial score (nSPS) is 12.0. The highest BCUT2D eigenvalue weighted by molar-refractivity contribution is 5.70. The summed E-state index contributed by atoms with van der Waals surface area (Å²) in [6.07, 6.45) is 71.2. The molecule has 1 unspecified atom stereocenters. The number of ether oxygens (including phenoxy) is 2. The Labute approximate surface area is 414 Å². The molecular formula is C61H120O5. The number of unbranched alkanes of at least 4 members (excludes halogenated alkanes) is 50. The summed E-state index contributed by atoms with van der Waals surface area (Å²) in [5.74, 6) is -0.563. The molecule has 0 fully saturated rings. The van der Waals surface area contributed by atoms with Crippen molar-refractivity contribution < 1.29 is 24.2 Å². The summed E-state index contributed by atoms with van der Waals surface area (Å²) < 4.78 is 10.7. The summed E-state index contributed by atoms with van der Waals surface area (Å²) in [4.78, 5) is 24.5. The zero-order chi connectivity index (χ0) is 47.7. The van der Waals surface area contributed by atoms with E-state index < -0.39 is 6.10 Å². The number of esters is 2. The fourth-order valence-corrected chi connectivity index (χ4v) is 9.80. The van der Waals surface area contributed by atoms with Crippen LogP contribution in [0.1, 0.15) is 361 Å². The van der Waals surface area contributed by atoms with Crippen molar-refractivity contribution >= 4 is 11.9 Å². The molecule has 1 N–H and O–H groups in total. The number of rotatable bonds is 58. The lowest BCUT2D eigenvalue weighted by atomic mass is 10.0. The Bertz CT molecular complexity index is 921. The molecule has 0 amide bonds. The van der Waals surface area contributed by atoms with Crippen LogP contribution in [0.15, 0.2) is 0 Å². The highest BCUT2D eigenvalue weighted by Crippen LogP contribution is 2.19. The first-order valence-corrected chi connectivity index (χ1v) is 30.6. The molecule has 5 heteroatoms. The van der Waals surface area contributed by atoms with Crippen LogP contribution in [0.25, 0.3) is 0 Å². The van der Waals surface area contributed by atoms with E-state index in [0.717, 1.165) is 32.1 Å². The molecular weight excluding hydrogens is 813 g/mol. The predicted octanol–water partition coefficient (Wildman–Crippen LogP) is 20.5. The lowest BCUT2D eigenvalue weighted by Gasteiger charge is -2.15. The van der Waals surface area contributed by atoms with E-state index in [1.165, 1.54) is 302 Å². The Morgan fingerprint density at radius 1 is 0.288 bits per heavy atom. The maximum atomic E-state index is 12.3. The molecule has 0 rings (SSSR count). The minimum absolute atomic E-state index is 0.0558. The second-order valence-electron chi connectivity index (χ2n) is 21.2. The van der Waals surface area contributed by atoms with E-state index in [0.29, 0.717) is 12.8 Å². The van der Waals surface area contributed by atoms with Gasteiger partial charge >= 0.3 is 11.9 Å². The van der Waals surface area contributed by atoms with E-state index in [1.54, 1.807) is 0 Å². The number of carbonyl (C=O) groups is 2. The van der Waals surface area contributed by atoms with E-state index in [1.807, 2.05) is 0 Å². The van der Waals surface area contributed by atoms with Crippen LogP contribution in [-0.4, -0.2) is 36.4 Å². The molecule has 0 heterocycles. The molecule has 66 heavy (non-hydrogen) atoms. The first kappa shape index (κ1) is 64.9. The Kier molecular flexibility index (Phi) is 57.2. The van der Waals surface area contributed by atoms with Gasteiger partial charge in [0, 0.05) is 12.8 Å². The molecule has 0 saturated heterocycles. The van der Waals surface area contributed by atoms with Crippen molar-refractivity contribution in [1.29, 1.82) is 0 Å². The van der Waals surface area contributed by atoms with E-state index in [2.05, 4.69) is 13.8 Å². The number of carbonyl (C=O) groups excluding carboxylic acids is 2. The van der Waals surface area contributed by atoms with Crippen molar-refractivity contribution in [3.05, 3.63) is 0 Å². The molecule has 0 bridgehead atoms. The molecule has 394 valence electrons. The van der Waals surface area contributed by atoms with Gasteiger partial charge in [-0.1, -0.05) is 335 Å². The van der Waals surface area contributed by atoms with Gasteiger partial charge in [-0.05, 0) is 12.8 Å². The lowest BCUT2D eigenvalue weighted by Crippen LogP contribution is -2.28. The lowest BCUT2D eigenvalue weighted by molar-refractivity contribution is -0.161. The van der Waals surface area contributed by atoms with Crippen LogP contribution in [0, 0.1) is 0 Å². The molecule has 0 aliphatic rings. The van der Waals surface area contributed by atoms with Crippen LogP contribution in [0.2, 0.25) is 0 Å². The third kappa shape index (κ3) is 55.5. The van der Waals surface area contributed by atoms with Crippen molar-refractivity contribution in [2.24, 2.45) is 0 Å². The predicted molar refractivity (Wildman–Crippen MR) is 289 cm³/mol.